The minimum Gasteiger partial charge on any atom is -0.456 e. The summed E-state index contributed by atoms with van der Waals surface area (Å²) in [4.78, 5) is 14.2. The maximum atomic E-state index is 14.2. The summed E-state index contributed by atoms with van der Waals surface area (Å²) in [5.74, 6) is 0. The van der Waals surface area contributed by atoms with Crippen LogP contribution in [0.3, 0.4) is 0 Å². The van der Waals surface area contributed by atoms with Gasteiger partial charge in [0.05, 0.1) is 32.8 Å². The third kappa shape index (κ3) is 4.46. The molecule has 4 heteroatoms. The number of hydrogen-bond acceptors (Lipinski definition) is 2. The number of rotatable bonds is 4. The predicted molar refractivity (Wildman–Crippen MR) is 220 cm³/mol. The molecule has 0 fully saturated rings. The Balaban J connectivity index is 1.13. The van der Waals surface area contributed by atoms with Gasteiger partial charge in [-0.15, -0.1) is 0 Å². The molecular formula is C49H30N2O2. The van der Waals surface area contributed by atoms with Gasteiger partial charge >= 0.3 is 0 Å². The third-order valence-corrected chi connectivity index (χ3v) is 10.7. The molecular weight excluding hydrogens is 649 g/mol. The van der Waals surface area contributed by atoms with E-state index in [1.165, 1.54) is 21.5 Å². The molecule has 0 bridgehead atoms. The number of benzene rings is 8. The molecule has 11 aromatic rings. The molecule has 0 amide bonds. The molecule has 0 aliphatic heterocycles. The Morgan fingerprint density at radius 2 is 1.00 bits per heavy atom. The number of aromatic nitrogens is 2. The second-order valence-corrected chi connectivity index (χ2v) is 13.7. The summed E-state index contributed by atoms with van der Waals surface area (Å²) in [6.07, 6.45) is 0. The fraction of sp³-hybridized carbons (Fsp3) is 0. The van der Waals surface area contributed by atoms with Gasteiger partial charge in [0, 0.05) is 39.0 Å². The zero-order valence-electron chi connectivity index (χ0n) is 28.5. The summed E-state index contributed by atoms with van der Waals surface area (Å²) in [5.41, 5.74) is 12.0. The van der Waals surface area contributed by atoms with E-state index in [0.29, 0.717) is 21.9 Å². The van der Waals surface area contributed by atoms with Gasteiger partial charge in [0.25, 0.3) is 0 Å². The lowest BCUT2D eigenvalue weighted by atomic mass is 9.98. The Morgan fingerprint density at radius 3 is 1.81 bits per heavy atom. The maximum Gasteiger partial charge on any atom is 0.200 e. The summed E-state index contributed by atoms with van der Waals surface area (Å²) < 4.78 is 11.3. The molecule has 0 saturated heterocycles. The Labute approximate surface area is 304 Å². The smallest absolute Gasteiger partial charge is 0.200 e. The minimum atomic E-state index is -0.0376. The topological polar surface area (TPSA) is 40.1 Å². The average molecular weight is 679 g/mol. The zero-order valence-corrected chi connectivity index (χ0v) is 28.5. The molecule has 0 aliphatic carbocycles. The van der Waals surface area contributed by atoms with Crippen LogP contribution in [-0.4, -0.2) is 9.13 Å². The molecule has 0 radical (unpaired) electrons. The van der Waals surface area contributed by atoms with Crippen molar-refractivity contribution >= 4 is 65.6 Å². The van der Waals surface area contributed by atoms with Gasteiger partial charge < -0.3 is 13.6 Å². The van der Waals surface area contributed by atoms with E-state index in [4.69, 9.17) is 4.42 Å². The van der Waals surface area contributed by atoms with E-state index in [9.17, 15) is 4.79 Å². The lowest BCUT2D eigenvalue weighted by molar-refractivity contribution is 0.659. The van der Waals surface area contributed by atoms with Crippen molar-refractivity contribution in [1.29, 1.82) is 0 Å². The van der Waals surface area contributed by atoms with Gasteiger partial charge in [-0.05, 0) is 82.9 Å². The molecule has 0 saturated carbocycles. The largest absolute Gasteiger partial charge is 0.456 e. The highest BCUT2D eigenvalue weighted by atomic mass is 16.3. The molecule has 0 unspecified atom stereocenters. The van der Waals surface area contributed by atoms with E-state index in [2.05, 4.69) is 143 Å². The van der Waals surface area contributed by atoms with Gasteiger partial charge in [-0.1, -0.05) is 115 Å². The summed E-state index contributed by atoms with van der Waals surface area (Å²) in [6.45, 7) is 0. The number of para-hydroxylation sites is 3. The van der Waals surface area contributed by atoms with E-state index >= 15 is 0 Å². The van der Waals surface area contributed by atoms with Crippen LogP contribution in [0.5, 0.6) is 0 Å². The normalized spacial score (nSPS) is 11.8. The van der Waals surface area contributed by atoms with Crippen LogP contribution >= 0.6 is 0 Å². The first kappa shape index (κ1) is 29.5. The molecule has 4 nitrogen and oxygen atoms in total. The number of fused-ring (bicyclic) bond motifs is 9. The molecule has 0 atom stereocenters. The van der Waals surface area contributed by atoms with Gasteiger partial charge in [0.1, 0.15) is 11.2 Å². The standard InChI is InChI=1S/C49H30N2O2/c52-49-40-24-23-36(30-46(40)53-45-27-22-34(29-41(45)49)33-15-11-14-32(28-33)31-12-3-1-4-13-31)51-42-20-9-7-18-37(42)38-25-26-44-47(48(38)51)39-19-8-10-21-43(39)50(44)35-16-5-2-6-17-35/h1-30H. The maximum absolute atomic E-state index is 14.2. The van der Waals surface area contributed by atoms with Crippen LogP contribution in [0.1, 0.15) is 0 Å². The van der Waals surface area contributed by atoms with Crippen molar-refractivity contribution < 1.29 is 4.42 Å². The second-order valence-electron chi connectivity index (χ2n) is 13.7. The summed E-state index contributed by atoms with van der Waals surface area (Å²) in [7, 11) is 0. The third-order valence-electron chi connectivity index (χ3n) is 10.7. The van der Waals surface area contributed by atoms with Crippen molar-refractivity contribution in [1.82, 2.24) is 9.13 Å². The lowest BCUT2D eigenvalue weighted by Crippen LogP contribution is -2.03. The van der Waals surface area contributed by atoms with Crippen LogP contribution in [0.4, 0.5) is 0 Å². The van der Waals surface area contributed by atoms with Gasteiger partial charge in [-0.25, -0.2) is 0 Å². The first-order valence-corrected chi connectivity index (χ1v) is 17.9. The Kier molecular flexibility index (Phi) is 6.37. The van der Waals surface area contributed by atoms with Crippen molar-refractivity contribution in [3.63, 3.8) is 0 Å². The molecule has 11 rings (SSSR count). The number of nitrogens with zero attached hydrogens (tertiary/aromatic N) is 2. The fourth-order valence-electron chi connectivity index (χ4n) is 8.30. The highest BCUT2D eigenvalue weighted by Crippen LogP contribution is 2.42. The van der Waals surface area contributed by atoms with Crippen LogP contribution in [0.2, 0.25) is 0 Å². The van der Waals surface area contributed by atoms with E-state index in [0.717, 1.165) is 55.7 Å². The molecule has 3 heterocycles. The average Bonchev–Trinajstić information content (AvgIpc) is 3.74. The van der Waals surface area contributed by atoms with Gasteiger partial charge in [-0.2, -0.15) is 0 Å². The minimum absolute atomic E-state index is 0.0376. The van der Waals surface area contributed by atoms with Crippen LogP contribution in [0.25, 0.3) is 99.2 Å². The van der Waals surface area contributed by atoms with E-state index in [1.807, 2.05) is 48.5 Å². The highest BCUT2D eigenvalue weighted by molar-refractivity contribution is 6.26. The predicted octanol–water partition coefficient (Wildman–Crippen LogP) is 12.5. The van der Waals surface area contributed by atoms with Gasteiger partial charge in [0.2, 0.25) is 5.43 Å². The van der Waals surface area contributed by atoms with Gasteiger partial charge in [0.15, 0.2) is 0 Å². The molecule has 0 aliphatic rings. The summed E-state index contributed by atoms with van der Waals surface area (Å²) in [5, 5.41) is 5.84. The van der Waals surface area contributed by atoms with Crippen LogP contribution in [0.15, 0.2) is 191 Å². The van der Waals surface area contributed by atoms with Crippen molar-refractivity contribution in [2.45, 2.75) is 0 Å². The van der Waals surface area contributed by atoms with Crippen molar-refractivity contribution in [2.24, 2.45) is 0 Å². The van der Waals surface area contributed by atoms with E-state index < -0.39 is 0 Å². The van der Waals surface area contributed by atoms with Crippen molar-refractivity contribution in [2.75, 3.05) is 0 Å². The van der Waals surface area contributed by atoms with Crippen molar-refractivity contribution in [3.8, 4) is 33.6 Å². The Bertz CT molecular complexity index is 3300. The molecule has 248 valence electrons. The highest BCUT2D eigenvalue weighted by Gasteiger charge is 2.21. The lowest BCUT2D eigenvalue weighted by Gasteiger charge is -2.11. The molecule has 0 spiro atoms. The molecule has 53 heavy (non-hydrogen) atoms. The first-order chi connectivity index (χ1) is 26.2. The van der Waals surface area contributed by atoms with Crippen LogP contribution in [-0.2, 0) is 0 Å². The molecule has 8 aromatic carbocycles. The fourth-order valence-corrected chi connectivity index (χ4v) is 8.30. The Morgan fingerprint density at radius 1 is 0.358 bits per heavy atom. The van der Waals surface area contributed by atoms with E-state index in [1.54, 1.807) is 0 Å². The molecule has 3 aromatic heterocycles. The van der Waals surface area contributed by atoms with Crippen molar-refractivity contribution in [3.05, 3.63) is 192 Å². The summed E-state index contributed by atoms with van der Waals surface area (Å²) in [6, 6.07) is 62.9. The SMILES string of the molecule is O=c1c2ccc(-n3c4ccccc4c4ccc5c(c6ccccc6n5-c5ccccc5)c43)cc2oc2ccc(-c3cccc(-c4ccccc4)c3)cc12. The first-order valence-electron chi connectivity index (χ1n) is 17.9. The second kappa shape index (κ2) is 11.4. The molecule has 0 N–H and O–H groups in total. The Hall–Kier alpha value is -7.17. The van der Waals surface area contributed by atoms with Crippen LogP contribution in [0, 0.1) is 0 Å². The number of hydrogen-bond donors (Lipinski definition) is 0. The quantitative estimate of drug-likeness (QED) is 0.174. The zero-order chi connectivity index (χ0) is 35.0. The summed E-state index contributed by atoms with van der Waals surface area (Å²) >= 11 is 0. The van der Waals surface area contributed by atoms with Crippen LogP contribution < -0.4 is 5.43 Å². The van der Waals surface area contributed by atoms with E-state index in [-0.39, 0.29) is 5.43 Å². The monoisotopic (exact) mass is 678 g/mol. The van der Waals surface area contributed by atoms with Gasteiger partial charge in [-0.3, -0.25) is 4.79 Å².